The number of nitrogens with zero attached hydrogens (tertiary/aromatic N) is 1. The highest BCUT2D eigenvalue weighted by Gasteiger charge is 2.06. The van der Waals surface area contributed by atoms with E-state index in [1.165, 1.54) is 11.1 Å². The molecule has 0 saturated heterocycles. The van der Waals surface area contributed by atoms with Crippen molar-refractivity contribution in [1.29, 1.82) is 0 Å². The Morgan fingerprint density at radius 2 is 2.06 bits per heavy atom. The lowest BCUT2D eigenvalue weighted by Crippen LogP contribution is -2.15. The molecular weight excluding hydrogens is 200 g/mol. The summed E-state index contributed by atoms with van der Waals surface area (Å²) in [5, 5.41) is 0. The normalized spacial score (nSPS) is 15.9. The Morgan fingerprint density at radius 1 is 1.25 bits per heavy atom. The largest absolute Gasteiger partial charge is 0.465 e. The van der Waals surface area contributed by atoms with Crippen molar-refractivity contribution >= 4 is 11.7 Å². The Balaban J connectivity index is 2.39. The molecule has 0 spiro atoms. The van der Waals surface area contributed by atoms with Gasteiger partial charge in [0.05, 0.1) is 12.3 Å². The van der Waals surface area contributed by atoms with Gasteiger partial charge >= 0.3 is 0 Å². The lowest BCUT2D eigenvalue weighted by atomic mass is 10.0. The molecule has 0 saturated carbocycles. The average molecular weight is 216 g/mol. The molecule has 84 valence electrons. The number of hydrogen-bond acceptors (Lipinski definition) is 3. The minimum atomic E-state index is 0.252. The van der Waals surface area contributed by atoms with Crippen LogP contribution in [0.3, 0.4) is 0 Å². The summed E-state index contributed by atoms with van der Waals surface area (Å²) in [5.74, 6) is 0. The molecule has 0 aliphatic carbocycles. The van der Waals surface area contributed by atoms with Crippen molar-refractivity contribution in [2.24, 2.45) is 10.7 Å². The highest BCUT2D eigenvalue weighted by atomic mass is 16.5. The van der Waals surface area contributed by atoms with Gasteiger partial charge in [-0.1, -0.05) is 18.2 Å². The average Bonchev–Trinajstić information content (AvgIpc) is 2.47. The lowest BCUT2D eigenvalue weighted by molar-refractivity contribution is 0.310. The van der Waals surface area contributed by atoms with E-state index in [9.17, 15) is 0 Å². The maximum atomic E-state index is 5.62. The first-order valence-electron chi connectivity index (χ1n) is 5.41. The molecule has 0 fully saturated rings. The molecule has 3 nitrogen and oxygen atoms in total. The molecule has 0 atom stereocenters. The van der Waals surface area contributed by atoms with E-state index in [1.807, 2.05) is 0 Å². The summed E-state index contributed by atoms with van der Waals surface area (Å²) < 4.78 is 5.18. The van der Waals surface area contributed by atoms with Crippen molar-refractivity contribution < 1.29 is 4.74 Å². The Morgan fingerprint density at radius 3 is 2.81 bits per heavy atom. The van der Waals surface area contributed by atoms with Crippen LogP contribution < -0.4 is 5.73 Å². The van der Waals surface area contributed by atoms with Gasteiger partial charge in [0.2, 0.25) is 0 Å². The van der Waals surface area contributed by atoms with Crippen LogP contribution in [0.25, 0.3) is 5.70 Å². The van der Waals surface area contributed by atoms with Crippen LogP contribution in [0.5, 0.6) is 0 Å². The van der Waals surface area contributed by atoms with Crippen LogP contribution >= 0.6 is 0 Å². The zero-order chi connectivity index (χ0) is 11.5. The molecular formula is C13H16N2O. The van der Waals surface area contributed by atoms with Gasteiger partial charge < -0.3 is 10.5 Å². The van der Waals surface area contributed by atoms with Crippen molar-refractivity contribution in [3.63, 3.8) is 0 Å². The summed E-state index contributed by atoms with van der Waals surface area (Å²) in [6, 6.07) is 6.55. The van der Waals surface area contributed by atoms with Crippen LogP contribution in [0.1, 0.15) is 23.1 Å². The third kappa shape index (κ3) is 2.24. The maximum Gasteiger partial charge on any atom is 0.287 e. The Hall–Kier alpha value is -1.77. The number of aryl methyl sites for hydroxylation is 2. The number of amidine groups is 1. The number of ether oxygens (including phenoxy) is 1. The number of rotatable bonds is 1. The van der Waals surface area contributed by atoms with Crippen LogP contribution in [0.15, 0.2) is 29.3 Å². The van der Waals surface area contributed by atoms with Crippen molar-refractivity contribution in [2.45, 2.75) is 20.3 Å². The fraction of sp³-hybridized carbons (Fsp3) is 0.308. The van der Waals surface area contributed by atoms with Gasteiger partial charge in [-0.25, -0.2) is 0 Å². The maximum absolute atomic E-state index is 5.62. The number of nitrogens with two attached hydrogens (primary N) is 1. The topological polar surface area (TPSA) is 47.6 Å². The van der Waals surface area contributed by atoms with Gasteiger partial charge in [-0.3, -0.25) is 0 Å². The summed E-state index contributed by atoms with van der Waals surface area (Å²) in [6.45, 7) is 4.80. The fourth-order valence-corrected chi connectivity index (χ4v) is 1.64. The highest BCUT2D eigenvalue weighted by molar-refractivity contribution is 5.81. The third-order valence-electron chi connectivity index (χ3n) is 2.74. The monoisotopic (exact) mass is 216 g/mol. The molecule has 3 heteroatoms. The van der Waals surface area contributed by atoms with E-state index in [0.717, 1.165) is 17.7 Å². The Labute approximate surface area is 95.6 Å². The van der Waals surface area contributed by atoms with E-state index >= 15 is 0 Å². The van der Waals surface area contributed by atoms with Crippen LogP contribution in [0.2, 0.25) is 0 Å². The van der Waals surface area contributed by atoms with Crippen molar-refractivity contribution in [2.75, 3.05) is 6.61 Å². The Kier molecular flexibility index (Phi) is 2.95. The predicted octanol–water partition coefficient (Wildman–Crippen LogP) is 2.38. The lowest BCUT2D eigenvalue weighted by Gasteiger charge is -2.05. The van der Waals surface area contributed by atoms with Gasteiger partial charge in [-0.2, -0.15) is 4.99 Å². The van der Waals surface area contributed by atoms with Crippen molar-refractivity contribution in [3.05, 3.63) is 41.0 Å². The second kappa shape index (κ2) is 4.39. The molecule has 1 aliphatic rings. The number of benzene rings is 1. The smallest absolute Gasteiger partial charge is 0.287 e. The quantitative estimate of drug-likeness (QED) is 0.783. The van der Waals surface area contributed by atoms with Crippen LogP contribution in [0.4, 0.5) is 0 Å². The summed E-state index contributed by atoms with van der Waals surface area (Å²) >= 11 is 0. The van der Waals surface area contributed by atoms with Crippen LogP contribution in [0, 0.1) is 13.8 Å². The Bertz CT molecular complexity index is 461. The molecule has 1 aromatic rings. The zero-order valence-electron chi connectivity index (χ0n) is 9.66. The SMILES string of the molecule is Cc1ccc(C2=CCCOC(N)=N2)cc1C. The molecule has 1 aliphatic heterocycles. The van der Waals surface area contributed by atoms with E-state index in [4.69, 9.17) is 10.5 Å². The summed E-state index contributed by atoms with van der Waals surface area (Å²) in [7, 11) is 0. The van der Waals surface area contributed by atoms with Gasteiger partial charge in [0, 0.05) is 12.0 Å². The highest BCUT2D eigenvalue weighted by Crippen LogP contribution is 2.21. The minimum Gasteiger partial charge on any atom is -0.465 e. The number of aliphatic imine (C=N–C) groups is 1. The number of hydrogen-bond donors (Lipinski definition) is 1. The molecule has 1 heterocycles. The van der Waals surface area contributed by atoms with Crippen molar-refractivity contribution in [1.82, 2.24) is 0 Å². The molecule has 2 rings (SSSR count). The van der Waals surface area contributed by atoms with E-state index in [-0.39, 0.29) is 6.02 Å². The van der Waals surface area contributed by atoms with E-state index in [0.29, 0.717) is 6.61 Å². The van der Waals surface area contributed by atoms with Crippen molar-refractivity contribution in [3.8, 4) is 0 Å². The summed E-state index contributed by atoms with van der Waals surface area (Å²) in [5.41, 5.74) is 10.2. The first kappa shape index (κ1) is 10.7. The van der Waals surface area contributed by atoms with Gasteiger partial charge in [-0.15, -0.1) is 0 Å². The minimum absolute atomic E-state index is 0.252. The molecule has 0 amide bonds. The molecule has 0 bridgehead atoms. The van der Waals surface area contributed by atoms with Gasteiger partial charge in [0.25, 0.3) is 6.02 Å². The predicted molar refractivity (Wildman–Crippen MR) is 66.1 cm³/mol. The molecule has 0 unspecified atom stereocenters. The first-order chi connectivity index (χ1) is 7.66. The van der Waals surface area contributed by atoms with Crippen LogP contribution in [-0.4, -0.2) is 12.6 Å². The summed E-state index contributed by atoms with van der Waals surface area (Å²) in [4.78, 5) is 4.25. The second-order valence-corrected chi connectivity index (χ2v) is 3.98. The summed E-state index contributed by atoms with van der Waals surface area (Å²) in [6.07, 6.45) is 2.90. The van der Waals surface area contributed by atoms with Gasteiger partial charge in [-0.05, 0) is 31.0 Å². The molecule has 0 aromatic heterocycles. The molecule has 0 radical (unpaired) electrons. The second-order valence-electron chi connectivity index (χ2n) is 3.98. The van der Waals surface area contributed by atoms with Gasteiger partial charge in [0.1, 0.15) is 0 Å². The first-order valence-corrected chi connectivity index (χ1v) is 5.41. The fourth-order valence-electron chi connectivity index (χ4n) is 1.64. The van der Waals surface area contributed by atoms with E-state index in [1.54, 1.807) is 0 Å². The van der Waals surface area contributed by atoms with E-state index < -0.39 is 0 Å². The molecule has 2 N–H and O–H groups in total. The zero-order valence-corrected chi connectivity index (χ0v) is 9.66. The van der Waals surface area contributed by atoms with Gasteiger partial charge in [0.15, 0.2) is 0 Å². The van der Waals surface area contributed by atoms with Crippen LogP contribution in [-0.2, 0) is 4.74 Å². The van der Waals surface area contributed by atoms with E-state index in [2.05, 4.69) is 43.1 Å². The third-order valence-corrected chi connectivity index (χ3v) is 2.74. The molecule has 16 heavy (non-hydrogen) atoms. The molecule has 1 aromatic carbocycles. The standard InChI is InChI=1S/C13H16N2O/c1-9-5-6-11(8-10(9)2)12-4-3-7-16-13(14)15-12/h4-6,8H,3,7H2,1-2H3,(H2,14,15).